The molecule has 0 radical (unpaired) electrons. The van der Waals surface area contributed by atoms with Crippen molar-refractivity contribution in [2.75, 3.05) is 26.6 Å². The molecular weight excluding hydrogens is 480 g/mol. The predicted octanol–water partition coefficient (Wildman–Crippen LogP) is 2.83. The van der Waals surface area contributed by atoms with Gasteiger partial charge in [-0.05, 0) is 63.7 Å². The molecule has 10 nitrogen and oxygen atoms in total. The highest BCUT2D eigenvalue weighted by atomic mass is 32.2. The predicted molar refractivity (Wildman–Crippen MR) is 140 cm³/mol. The zero-order chi connectivity index (χ0) is 44.8. The molecule has 4 rings (SSSR count). The molecule has 0 bridgehead atoms. The Bertz CT molecular complexity index is 2210. The van der Waals surface area contributed by atoms with Crippen molar-refractivity contribution in [2.45, 2.75) is 63.0 Å². The number of nitrogens with zero attached hydrogens (tertiary/aromatic N) is 4. The summed E-state index contributed by atoms with van der Waals surface area (Å²) in [6.45, 7) is -20.7. The Morgan fingerprint density at radius 2 is 2.19 bits per heavy atom. The molecule has 2 aromatic heterocycles. The molecule has 0 saturated carbocycles. The van der Waals surface area contributed by atoms with Crippen LogP contribution in [-0.2, 0) is 23.4 Å². The monoisotopic (exact) mass is 538 g/mol. The van der Waals surface area contributed by atoms with E-state index in [0.29, 0.717) is 23.1 Å². The Hall–Kier alpha value is -2.76. The van der Waals surface area contributed by atoms with Crippen molar-refractivity contribution in [3.63, 3.8) is 0 Å². The van der Waals surface area contributed by atoms with Crippen molar-refractivity contribution < 1.29 is 43.3 Å². The Kier molecular flexibility index (Phi) is 3.14. The summed E-state index contributed by atoms with van der Waals surface area (Å²) in [6.07, 6.45) is -11.4. The summed E-state index contributed by atoms with van der Waals surface area (Å²) >= 11 is 0. The molecule has 1 aromatic carbocycles. The maximum atomic E-state index is 13.8. The SMILES string of the molecule is [2H]C([2H])([2H])N1CCCC1C([2H])([2H])C([2H])([2H])NS(=O)(=O)c1ccc(OC([2H])([2H])C([2H])([2H])C([2H])([2H])[2H])c(-c2nc3c(CC([2H])([2H])C([2H])([2H])[2H])nn(C([2H])([2H])[2H])c3c(=O)[nH]2)c1. The first-order chi connectivity index (χ1) is 25.7. The third-order valence-electron chi connectivity index (χ3n) is 5.26. The van der Waals surface area contributed by atoms with E-state index in [0.717, 1.165) is 0 Å². The van der Waals surface area contributed by atoms with E-state index in [2.05, 4.69) is 15.1 Å². The molecule has 0 amide bonds. The highest BCUT2D eigenvalue weighted by Crippen LogP contribution is 2.31. The minimum absolute atomic E-state index is 0.132. The lowest BCUT2D eigenvalue weighted by Gasteiger charge is -2.19. The lowest BCUT2D eigenvalue weighted by atomic mass is 10.1. The number of nitrogens with one attached hydrogen (secondary N) is 2. The lowest BCUT2D eigenvalue weighted by molar-refractivity contribution is 0.297. The van der Waals surface area contributed by atoms with Crippen LogP contribution < -0.4 is 15.0 Å². The van der Waals surface area contributed by atoms with Crippen molar-refractivity contribution in [3.05, 3.63) is 34.2 Å². The molecule has 1 aliphatic rings. The third-order valence-corrected chi connectivity index (χ3v) is 6.51. The first kappa shape index (κ1) is 10.2. The van der Waals surface area contributed by atoms with Gasteiger partial charge in [0.2, 0.25) is 10.0 Å². The van der Waals surface area contributed by atoms with Crippen LogP contribution in [0, 0.1) is 0 Å². The number of hydrogen-bond acceptors (Lipinski definition) is 7. The van der Waals surface area contributed by atoms with Gasteiger partial charge in [-0.3, -0.25) is 9.48 Å². The zero-order valence-electron chi connectivity index (χ0n) is 40.5. The Morgan fingerprint density at radius 3 is 3.00 bits per heavy atom. The van der Waals surface area contributed by atoms with E-state index in [9.17, 15) is 13.2 Å². The molecular formula is C25H36N6O4S. The second-order valence-corrected chi connectivity index (χ2v) is 9.22. The summed E-state index contributed by atoms with van der Waals surface area (Å²) in [7, 11) is -5.30. The summed E-state index contributed by atoms with van der Waals surface area (Å²) in [5, 5.41) is 3.73. The van der Waals surface area contributed by atoms with Crippen molar-refractivity contribution in [1.29, 1.82) is 0 Å². The molecule has 2 N–H and O–H groups in total. The number of benzene rings is 1. The molecule has 36 heavy (non-hydrogen) atoms. The molecule has 11 heteroatoms. The minimum Gasteiger partial charge on any atom is -0.493 e. The van der Waals surface area contributed by atoms with Crippen molar-refractivity contribution in [1.82, 2.24) is 29.4 Å². The molecule has 1 saturated heterocycles. The molecule has 3 heterocycles. The van der Waals surface area contributed by atoms with Crippen molar-refractivity contribution >= 4 is 21.1 Å². The number of sulfonamides is 1. The van der Waals surface area contributed by atoms with Crippen molar-refractivity contribution in [3.8, 4) is 17.1 Å². The Balaban J connectivity index is 1.98. The smallest absolute Gasteiger partial charge is 0.277 e. The average Bonchev–Trinajstić information content (AvgIpc) is 3.66. The van der Waals surface area contributed by atoms with Gasteiger partial charge in [0.1, 0.15) is 17.1 Å². The molecule has 3 aromatic rings. The highest BCUT2D eigenvalue weighted by Gasteiger charge is 2.23. The van der Waals surface area contributed by atoms with E-state index in [1.807, 2.05) is 0 Å². The normalized spacial score (nSPS) is 29.2. The van der Waals surface area contributed by atoms with E-state index in [4.69, 9.17) is 34.9 Å². The van der Waals surface area contributed by atoms with Gasteiger partial charge in [-0.2, -0.15) is 5.10 Å². The third kappa shape index (κ3) is 5.47. The molecule has 0 spiro atoms. The first-order valence-corrected chi connectivity index (χ1v) is 11.8. The summed E-state index contributed by atoms with van der Waals surface area (Å²) in [5.74, 6) is -1.83. The van der Waals surface area contributed by atoms with Crippen LogP contribution in [0.5, 0.6) is 5.75 Å². The number of ether oxygens (including phenoxy) is 1. The topological polar surface area (TPSA) is 122 Å². The Labute approximate surface area is 243 Å². The summed E-state index contributed by atoms with van der Waals surface area (Å²) in [5.41, 5.74) is -4.57. The van der Waals surface area contributed by atoms with E-state index >= 15 is 0 Å². The standard InChI is InChI=1S/C25H36N6O4S/c1-5-8-20-22-23(31(4)29-20)25(32)28-24(27-22)19-16-18(10-11-21(19)35-15-6-2)36(33,34)26-13-12-17-9-7-14-30(17)3/h10-11,16-17,26H,5-9,12-15H2,1-4H3,(H,27,28,32)/i1D3,2D3,3D3,4D3,5D2,6D2,12D2,13D2,15D2. The van der Waals surface area contributed by atoms with E-state index < -0.39 is 127 Å². The van der Waals surface area contributed by atoms with Gasteiger partial charge in [0.05, 0.1) is 25.5 Å². The van der Waals surface area contributed by atoms with Crippen LogP contribution in [0.3, 0.4) is 0 Å². The number of fused-ring (bicyclic) bond motifs is 1. The van der Waals surface area contributed by atoms with Gasteiger partial charge < -0.3 is 14.6 Å². The number of H-pyrrole nitrogens is 1. The summed E-state index contributed by atoms with van der Waals surface area (Å²) in [6, 6.07) is 0.0902. The van der Waals surface area contributed by atoms with Gasteiger partial charge in [0, 0.05) is 46.9 Å². The van der Waals surface area contributed by atoms with Crippen LogP contribution in [0.25, 0.3) is 22.4 Å². The van der Waals surface area contributed by atoms with Gasteiger partial charge in [-0.25, -0.2) is 18.1 Å². The molecule has 1 aliphatic heterocycles. The van der Waals surface area contributed by atoms with E-state index in [1.165, 1.54) is 0 Å². The maximum Gasteiger partial charge on any atom is 0.277 e. The van der Waals surface area contributed by atoms with Crippen LogP contribution in [0.1, 0.15) is 81.5 Å². The van der Waals surface area contributed by atoms with Crippen LogP contribution >= 0.6 is 0 Å². The maximum absolute atomic E-state index is 13.8. The number of aromatic nitrogens is 4. The minimum atomic E-state index is -5.30. The first-order valence-electron chi connectivity index (χ1n) is 21.4. The molecule has 1 atom stereocenters. The van der Waals surface area contributed by atoms with Gasteiger partial charge in [0.25, 0.3) is 5.56 Å². The summed E-state index contributed by atoms with van der Waals surface area (Å²) < 4.78 is 209. The number of likely N-dealkylation sites (tertiary alicyclic amines) is 1. The van der Waals surface area contributed by atoms with Crippen LogP contribution in [0.4, 0.5) is 0 Å². The quantitative estimate of drug-likeness (QED) is 0.385. The fraction of sp³-hybridized carbons (Fsp3) is 0.560. The van der Waals surface area contributed by atoms with Gasteiger partial charge in [-0.15, -0.1) is 0 Å². The number of rotatable bonds is 11. The fourth-order valence-electron chi connectivity index (χ4n) is 3.60. The van der Waals surface area contributed by atoms with E-state index in [-0.39, 0.29) is 24.1 Å². The van der Waals surface area contributed by atoms with Gasteiger partial charge >= 0.3 is 0 Å². The average molecular weight is 539 g/mol. The van der Waals surface area contributed by atoms with Gasteiger partial charge in [-0.1, -0.05) is 20.1 Å². The lowest BCUT2D eigenvalue weighted by Crippen LogP contribution is -2.31. The second-order valence-electron chi connectivity index (χ2n) is 7.54. The fourth-order valence-corrected chi connectivity index (χ4v) is 4.43. The largest absolute Gasteiger partial charge is 0.493 e. The van der Waals surface area contributed by atoms with Crippen LogP contribution in [0.2, 0.25) is 0 Å². The number of aryl methyl sites for hydroxylation is 2. The molecule has 196 valence electrons. The number of hydrogen-bond donors (Lipinski definition) is 2. The summed E-state index contributed by atoms with van der Waals surface area (Å²) in [4.78, 5) is 19.4. The molecule has 1 fully saturated rings. The number of aromatic amines is 1. The van der Waals surface area contributed by atoms with Gasteiger partial charge in [0.15, 0.2) is 5.52 Å². The Morgan fingerprint density at radius 1 is 1.31 bits per heavy atom. The zero-order valence-corrected chi connectivity index (χ0v) is 19.3. The van der Waals surface area contributed by atoms with Crippen LogP contribution in [0.15, 0.2) is 27.9 Å². The highest BCUT2D eigenvalue weighted by molar-refractivity contribution is 7.89. The molecule has 1 unspecified atom stereocenters. The second kappa shape index (κ2) is 11.1. The van der Waals surface area contributed by atoms with E-state index in [1.54, 1.807) is 4.72 Å². The van der Waals surface area contributed by atoms with Crippen molar-refractivity contribution in [2.24, 2.45) is 6.98 Å². The molecule has 0 aliphatic carbocycles. The van der Waals surface area contributed by atoms with Crippen LogP contribution in [-0.4, -0.2) is 65.7 Å².